The van der Waals surface area contributed by atoms with E-state index in [0.29, 0.717) is 31.1 Å². The van der Waals surface area contributed by atoms with Crippen LogP contribution in [0.15, 0.2) is 54.7 Å². The first-order chi connectivity index (χ1) is 20.6. The van der Waals surface area contributed by atoms with Gasteiger partial charge in [-0.05, 0) is 97.0 Å². The Hall–Kier alpha value is -3.65. The highest BCUT2D eigenvalue weighted by molar-refractivity contribution is 5.95. The number of rotatable bonds is 7. The van der Waals surface area contributed by atoms with Crippen molar-refractivity contribution in [2.75, 3.05) is 32.7 Å². The van der Waals surface area contributed by atoms with Gasteiger partial charge < -0.3 is 15.0 Å². The highest BCUT2D eigenvalue weighted by Crippen LogP contribution is 2.33. The minimum Gasteiger partial charge on any atom is -0.444 e. The number of hydrogen-bond donors (Lipinski definition) is 1. The van der Waals surface area contributed by atoms with Gasteiger partial charge in [0.25, 0.3) is 5.91 Å². The maximum absolute atomic E-state index is 13.7. The smallest absolute Gasteiger partial charge is 0.410 e. The van der Waals surface area contributed by atoms with Crippen molar-refractivity contribution < 1.29 is 14.3 Å². The zero-order valence-corrected chi connectivity index (χ0v) is 26.4. The molecule has 1 aromatic heterocycles. The summed E-state index contributed by atoms with van der Waals surface area (Å²) in [5.74, 6) is 0.504. The van der Waals surface area contributed by atoms with Gasteiger partial charge in [-0.15, -0.1) is 0 Å². The quantitative estimate of drug-likeness (QED) is 0.355. The number of likely N-dealkylation sites (tertiary alicyclic amines) is 2. The van der Waals surface area contributed by atoms with Gasteiger partial charge in [0.05, 0.1) is 23.1 Å². The van der Waals surface area contributed by atoms with Crippen molar-refractivity contribution in [3.05, 3.63) is 82.7 Å². The molecule has 0 spiro atoms. The monoisotopic (exact) mass is 585 g/mol. The Balaban J connectivity index is 1.23. The van der Waals surface area contributed by atoms with Crippen molar-refractivity contribution in [2.45, 2.75) is 78.4 Å². The highest BCUT2D eigenvalue weighted by atomic mass is 16.6. The fourth-order valence-corrected chi connectivity index (χ4v) is 6.11. The lowest BCUT2D eigenvalue weighted by Gasteiger charge is -2.34. The first kappa shape index (κ1) is 30.8. The van der Waals surface area contributed by atoms with Gasteiger partial charge in [0, 0.05) is 32.1 Å². The third-order valence-electron chi connectivity index (χ3n) is 8.65. The number of amides is 2. The summed E-state index contributed by atoms with van der Waals surface area (Å²) in [5.41, 5.74) is 5.79. The van der Waals surface area contributed by atoms with Gasteiger partial charge in [-0.2, -0.15) is 5.10 Å². The summed E-state index contributed by atoms with van der Waals surface area (Å²) in [5, 5.41) is 7.96. The number of benzene rings is 2. The van der Waals surface area contributed by atoms with Crippen molar-refractivity contribution in [3.63, 3.8) is 0 Å². The van der Waals surface area contributed by atoms with E-state index in [1.807, 2.05) is 37.6 Å². The van der Waals surface area contributed by atoms with Gasteiger partial charge in [-0.1, -0.05) is 47.5 Å². The third-order valence-corrected chi connectivity index (χ3v) is 8.65. The van der Waals surface area contributed by atoms with Crippen molar-refractivity contribution in [1.29, 1.82) is 0 Å². The van der Waals surface area contributed by atoms with Gasteiger partial charge >= 0.3 is 6.09 Å². The molecule has 1 N–H and O–H groups in total. The maximum Gasteiger partial charge on any atom is 0.410 e. The van der Waals surface area contributed by atoms with Crippen molar-refractivity contribution in [1.82, 2.24) is 24.9 Å². The molecule has 5 rings (SSSR count). The lowest BCUT2D eigenvalue weighted by atomic mass is 9.90. The van der Waals surface area contributed by atoms with E-state index in [4.69, 9.17) is 9.84 Å². The average molecular weight is 586 g/mol. The van der Waals surface area contributed by atoms with Crippen molar-refractivity contribution in [2.24, 2.45) is 5.92 Å². The number of hydrogen-bond acceptors (Lipinski definition) is 5. The molecule has 230 valence electrons. The molecule has 2 aliphatic heterocycles. The fraction of sp³-hybridized carbons (Fsp3) is 0.514. The van der Waals surface area contributed by atoms with E-state index in [1.165, 1.54) is 16.7 Å². The summed E-state index contributed by atoms with van der Waals surface area (Å²) in [7, 11) is 0. The van der Waals surface area contributed by atoms with Crippen LogP contribution in [0.1, 0.15) is 85.1 Å². The predicted molar refractivity (Wildman–Crippen MR) is 170 cm³/mol. The number of aromatic nitrogens is 2. The molecule has 8 heteroatoms. The Morgan fingerprint density at radius 1 is 0.884 bits per heavy atom. The van der Waals surface area contributed by atoms with Gasteiger partial charge in [-0.3, -0.25) is 9.69 Å². The molecule has 0 unspecified atom stereocenters. The van der Waals surface area contributed by atoms with E-state index in [9.17, 15) is 9.59 Å². The number of nitrogens with one attached hydrogen (secondary N) is 1. The van der Waals surface area contributed by atoms with Crippen LogP contribution in [0, 0.1) is 19.8 Å². The Morgan fingerprint density at radius 3 is 2.09 bits per heavy atom. The van der Waals surface area contributed by atoms with Crippen LogP contribution in [0.3, 0.4) is 0 Å². The fourth-order valence-electron chi connectivity index (χ4n) is 6.11. The molecule has 2 saturated heterocycles. The van der Waals surface area contributed by atoms with Gasteiger partial charge in [0.2, 0.25) is 0 Å². The molecule has 3 heterocycles. The molecule has 0 bridgehead atoms. The third kappa shape index (κ3) is 8.05. The Kier molecular flexibility index (Phi) is 9.55. The molecule has 3 aromatic rings. The van der Waals surface area contributed by atoms with E-state index < -0.39 is 5.60 Å². The molecule has 43 heavy (non-hydrogen) atoms. The van der Waals surface area contributed by atoms with E-state index >= 15 is 0 Å². The van der Waals surface area contributed by atoms with Crippen molar-refractivity contribution in [3.8, 4) is 5.69 Å². The number of carbonyl (C=O) groups is 2. The molecular weight excluding hydrogens is 538 g/mol. The largest absolute Gasteiger partial charge is 0.444 e. The van der Waals surface area contributed by atoms with Crippen LogP contribution < -0.4 is 5.32 Å². The zero-order chi connectivity index (χ0) is 30.6. The second-order valence-electron chi connectivity index (χ2n) is 13.3. The molecule has 0 aliphatic carbocycles. The van der Waals surface area contributed by atoms with Crippen LogP contribution in [0.2, 0.25) is 0 Å². The van der Waals surface area contributed by atoms with Gasteiger partial charge in [0.1, 0.15) is 5.60 Å². The summed E-state index contributed by atoms with van der Waals surface area (Å²) in [6, 6.07) is 17.0. The number of ether oxygens (including phenoxy) is 1. The van der Waals surface area contributed by atoms with Gasteiger partial charge in [0.15, 0.2) is 0 Å². The van der Waals surface area contributed by atoms with Crippen molar-refractivity contribution >= 4 is 12.0 Å². The van der Waals surface area contributed by atoms with E-state index in [-0.39, 0.29) is 17.9 Å². The molecular formula is C35H47N5O3. The molecule has 2 aromatic carbocycles. The normalized spacial score (nSPS) is 17.2. The molecule has 0 saturated carbocycles. The summed E-state index contributed by atoms with van der Waals surface area (Å²) in [6.07, 6.45) is 5.08. The van der Waals surface area contributed by atoms with Crippen LogP contribution in [0.4, 0.5) is 4.79 Å². The maximum atomic E-state index is 13.7. The molecule has 2 aliphatic rings. The van der Waals surface area contributed by atoms with E-state index in [1.54, 1.807) is 11.1 Å². The second kappa shape index (κ2) is 13.3. The summed E-state index contributed by atoms with van der Waals surface area (Å²) >= 11 is 0. The summed E-state index contributed by atoms with van der Waals surface area (Å²) in [4.78, 5) is 30.6. The van der Waals surface area contributed by atoms with Gasteiger partial charge in [-0.25, -0.2) is 9.48 Å². The van der Waals surface area contributed by atoms with Crippen LogP contribution in [-0.2, 0) is 11.3 Å². The van der Waals surface area contributed by atoms with E-state index in [0.717, 1.165) is 56.7 Å². The summed E-state index contributed by atoms with van der Waals surface area (Å²) in [6.45, 7) is 14.7. The summed E-state index contributed by atoms with van der Waals surface area (Å²) < 4.78 is 7.52. The first-order valence-corrected chi connectivity index (χ1v) is 15.7. The average Bonchev–Trinajstić information content (AvgIpc) is 3.43. The number of aryl methyl sites for hydroxylation is 2. The van der Waals surface area contributed by atoms with E-state index in [2.05, 4.69) is 60.5 Å². The lowest BCUT2D eigenvalue weighted by molar-refractivity contribution is 0.0203. The topological polar surface area (TPSA) is 79.7 Å². The molecule has 2 amide bonds. The minimum absolute atomic E-state index is 0.0648. The Morgan fingerprint density at radius 2 is 1.49 bits per heavy atom. The Labute approximate surface area is 256 Å². The number of piperidine rings is 2. The standard InChI is InChI=1S/C35H47N5O3/c1-25-6-10-28(11-7-25)24-38-18-14-27(15-19-38)22-36-33(41)31-23-37-40(30-12-8-26(2)9-13-30)32(31)29-16-20-39(21-17-29)34(42)43-35(3,4)5/h6-13,23,27,29H,14-22,24H2,1-5H3,(H,36,41). The van der Waals surface area contributed by atoms with Crippen LogP contribution >= 0.6 is 0 Å². The minimum atomic E-state index is -0.527. The molecule has 2 fully saturated rings. The highest BCUT2D eigenvalue weighted by Gasteiger charge is 2.32. The van der Waals surface area contributed by atoms with Crippen LogP contribution in [-0.4, -0.2) is 69.9 Å². The number of carbonyl (C=O) groups excluding carboxylic acids is 2. The first-order valence-electron chi connectivity index (χ1n) is 15.7. The second-order valence-corrected chi connectivity index (χ2v) is 13.3. The number of nitrogens with zero attached hydrogens (tertiary/aromatic N) is 4. The molecule has 0 atom stereocenters. The van der Waals surface area contributed by atoms with Crippen LogP contribution in [0.25, 0.3) is 5.69 Å². The molecule has 8 nitrogen and oxygen atoms in total. The molecule has 0 radical (unpaired) electrons. The Bertz CT molecular complexity index is 1370. The lowest BCUT2D eigenvalue weighted by Crippen LogP contribution is -2.42. The zero-order valence-electron chi connectivity index (χ0n) is 26.4. The van der Waals surface area contributed by atoms with Crippen LogP contribution in [0.5, 0.6) is 0 Å². The predicted octanol–water partition coefficient (Wildman–Crippen LogP) is 6.25. The SMILES string of the molecule is Cc1ccc(CN2CCC(CNC(=O)c3cnn(-c4ccc(C)cc4)c3C3CCN(C(=O)OC(C)(C)C)CC3)CC2)cc1.